The second kappa shape index (κ2) is 8.13. The van der Waals surface area contributed by atoms with E-state index in [2.05, 4.69) is 9.97 Å². The fourth-order valence-electron chi connectivity index (χ4n) is 2.61. The van der Waals surface area contributed by atoms with Crippen LogP contribution in [0.5, 0.6) is 17.4 Å². The van der Waals surface area contributed by atoms with Crippen molar-refractivity contribution in [2.24, 2.45) is 0 Å². The second-order valence-electron chi connectivity index (χ2n) is 5.70. The highest BCUT2D eigenvalue weighted by Gasteiger charge is 2.28. The van der Waals surface area contributed by atoms with Gasteiger partial charge >= 0.3 is 11.6 Å². The van der Waals surface area contributed by atoms with Gasteiger partial charge < -0.3 is 14.4 Å². The quantitative estimate of drug-likeness (QED) is 0.464. The number of ether oxygens (including phenoxy) is 2. The van der Waals surface area contributed by atoms with Crippen molar-refractivity contribution in [1.29, 1.82) is 0 Å². The lowest BCUT2D eigenvalue weighted by molar-refractivity contribution is -0.385. The van der Waals surface area contributed by atoms with Crippen LogP contribution in [0.1, 0.15) is 5.56 Å². The Balaban J connectivity index is 1.96. The molecule has 0 saturated carbocycles. The summed E-state index contributed by atoms with van der Waals surface area (Å²) < 4.78 is 10.9. The first-order valence-electron chi connectivity index (χ1n) is 8.15. The van der Waals surface area contributed by atoms with E-state index in [1.807, 2.05) is 30.3 Å². The van der Waals surface area contributed by atoms with E-state index >= 15 is 0 Å². The van der Waals surface area contributed by atoms with Crippen LogP contribution in [0.2, 0.25) is 0 Å². The van der Waals surface area contributed by atoms with E-state index in [9.17, 15) is 10.1 Å². The van der Waals surface area contributed by atoms with Crippen LogP contribution in [0.4, 0.5) is 11.5 Å². The van der Waals surface area contributed by atoms with Crippen molar-refractivity contribution in [2.75, 3.05) is 19.1 Å². The molecule has 8 nitrogen and oxygen atoms in total. The van der Waals surface area contributed by atoms with Crippen LogP contribution in [-0.4, -0.2) is 29.0 Å². The SMILES string of the molecule is COc1ccccc1Oc1ncnc(N(C)Cc2ccccc2)c1[N+](=O)[O-]. The topological polar surface area (TPSA) is 90.6 Å². The van der Waals surface area contributed by atoms with Gasteiger partial charge in [0, 0.05) is 13.6 Å². The van der Waals surface area contributed by atoms with Gasteiger partial charge in [0.25, 0.3) is 0 Å². The van der Waals surface area contributed by atoms with Crippen molar-refractivity contribution in [1.82, 2.24) is 9.97 Å². The molecule has 0 saturated heterocycles. The molecule has 0 unspecified atom stereocenters. The number of rotatable bonds is 7. The number of methoxy groups -OCH3 is 1. The van der Waals surface area contributed by atoms with Gasteiger partial charge in [0.2, 0.25) is 5.82 Å². The number of anilines is 1. The smallest absolute Gasteiger partial charge is 0.373 e. The summed E-state index contributed by atoms with van der Waals surface area (Å²) in [5.74, 6) is 0.807. The Hall–Kier alpha value is -3.68. The molecule has 2 aromatic carbocycles. The van der Waals surface area contributed by atoms with Crippen LogP contribution in [0.15, 0.2) is 60.9 Å². The third kappa shape index (κ3) is 4.12. The van der Waals surface area contributed by atoms with E-state index in [0.29, 0.717) is 18.0 Å². The van der Waals surface area contributed by atoms with E-state index in [1.165, 1.54) is 13.4 Å². The summed E-state index contributed by atoms with van der Waals surface area (Å²) in [7, 11) is 3.23. The highest BCUT2D eigenvalue weighted by Crippen LogP contribution is 2.38. The molecule has 0 bridgehead atoms. The summed E-state index contributed by atoms with van der Waals surface area (Å²) in [6.45, 7) is 0.451. The van der Waals surface area contributed by atoms with Gasteiger partial charge in [0.1, 0.15) is 6.33 Å². The van der Waals surface area contributed by atoms with Crippen LogP contribution in [0.25, 0.3) is 0 Å². The molecule has 1 heterocycles. The standard InChI is InChI=1S/C19H18N4O4/c1-22(12-14-8-4-3-5-9-14)18-17(23(24)25)19(21-13-20-18)27-16-11-7-6-10-15(16)26-2/h3-11,13H,12H2,1-2H3. The predicted octanol–water partition coefficient (Wildman–Crippen LogP) is 3.82. The number of aromatic nitrogens is 2. The summed E-state index contributed by atoms with van der Waals surface area (Å²) in [4.78, 5) is 20.9. The fraction of sp³-hybridized carbons (Fsp3) is 0.158. The van der Waals surface area contributed by atoms with E-state index in [4.69, 9.17) is 9.47 Å². The number of nitro groups is 1. The monoisotopic (exact) mass is 366 g/mol. The van der Waals surface area contributed by atoms with E-state index in [-0.39, 0.29) is 17.4 Å². The number of hydrogen-bond acceptors (Lipinski definition) is 7. The fourth-order valence-corrected chi connectivity index (χ4v) is 2.61. The van der Waals surface area contributed by atoms with Gasteiger partial charge in [-0.25, -0.2) is 4.98 Å². The molecule has 0 aliphatic heterocycles. The second-order valence-corrected chi connectivity index (χ2v) is 5.70. The van der Waals surface area contributed by atoms with Crippen LogP contribution in [-0.2, 0) is 6.54 Å². The predicted molar refractivity (Wildman–Crippen MR) is 100 cm³/mol. The largest absolute Gasteiger partial charge is 0.493 e. The Kier molecular flexibility index (Phi) is 5.46. The average molecular weight is 366 g/mol. The minimum absolute atomic E-state index is 0.144. The van der Waals surface area contributed by atoms with Crippen molar-refractivity contribution >= 4 is 11.5 Å². The van der Waals surface area contributed by atoms with Crippen LogP contribution >= 0.6 is 0 Å². The number of para-hydroxylation sites is 2. The molecule has 0 fully saturated rings. The maximum absolute atomic E-state index is 11.7. The first kappa shape index (κ1) is 18.1. The summed E-state index contributed by atoms with van der Waals surface area (Å²) in [6, 6.07) is 16.5. The zero-order valence-electron chi connectivity index (χ0n) is 14.9. The lowest BCUT2D eigenvalue weighted by Gasteiger charge is -2.18. The highest BCUT2D eigenvalue weighted by molar-refractivity contribution is 5.63. The molecule has 0 aliphatic carbocycles. The zero-order valence-corrected chi connectivity index (χ0v) is 14.9. The van der Waals surface area contributed by atoms with Crippen LogP contribution < -0.4 is 14.4 Å². The third-order valence-electron chi connectivity index (χ3n) is 3.85. The van der Waals surface area contributed by atoms with Gasteiger partial charge in [-0.15, -0.1) is 0 Å². The molecule has 27 heavy (non-hydrogen) atoms. The van der Waals surface area contributed by atoms with Crippen molar-refractivity contribution in [2.45, 2.75) is 6.54 Å². The number of hydrogen-bond donors (Lipinski definition) is 0. The first-order chi connectivity index (χ1) is 13.1. The summed E-state index contributed by atoms with van der Waals surface area (Å²) >= 11 is 0. The van der Waals surface area contributed by atoms with Gasteiger partial charge in [-0.1, -0.05) is 42.5 Å². The van der Waals surface area contributed by atoms with Gasteiger partial charge in [-0.3, -0.25) is 10.1 Å². The van der Waals surface area contributed by atoms with Crippen molar-refractivity contribution < 1.29 is 14.4 Å². The van der Waals surface area contributed by atoms with Crippen molar-refractivity contribution in [3.63, 3.8) is 0 Å². The van der Waals surface area contributed by atoms with Gasteiger partial charge in [0.15, 0.2) is 11.5 Å². The molecule has 0 atom stereocenters. The Labute approximate surface area is 156 Å². The van der Waals surface area contributed by atoms with E-state index < -0.39 is 4.92 Å². The lowest BCUT2D eigenvalue weighted by atomic mass is 10.2. The van der Waals surface area contributed by atoms with Crippen LogP contribution in [0, 0.1) is 10.1 Å². The third-order valence-corrected chi connectivity index (χ3v) is 3.85. The molecule has 0 radical (unpaired) electrons. The maximum atomic E-state index is 11.7. The average Bonchev–Trinajstić information content (AvgIpc) is 2.68. The van der Waals surface area contributed by atoms with Gasteiger partial charge in [-0.05, 0) is 17.7 Å². The molecule has 138 valence electrons. The maximum Gasteiger partial charge on any atom is 0.373 e. The zero-order chi connectivity index (χ0) is 19.2. The van der Waals surface area contributed by atoms with E-state index in [1.54, 1.807) is 36.2 Å². The lowest BCUT2D eigenvalue weighted by Crippen LogP contribution is -2.19. The molecule has 0 amide bonds. The minimum Gasteiger partial charge on any atom is -0.493 e. The number of benzene rings is 2. The Bertz CT molecular complexity index is 934. The Morgan fingerprint density at radius 2 is 1.70 bits per heavy atom. The van der Waals surface area contributed by atoms with Gasteiger partial charge in [0.05, 0.1) is 12.0 Å². The minimum atomic E-state index is -0.540. The Morgan fingerprint density at radius 1 is 1.04 bits per heavy atom. The number of nitrogens with zero attached hydrogens (tertiary/aromatic N) is 4. The van der Waals surface area contributed by atoms with Crippen molar-refractivity contribution in [3.8, 4) is 17.4 Å². The molecular weight excluding hydrogens is 348 g/mol. The summed E-state index contributed by atoms with van der Waals surface area (Å²) in [5, 5.41) is 11.7. The molecule has 0 N–H and O–H groups in total. The van der Waals surface area contributed by atoms with E-state index in [0.717, 1.165) is 5.56 Å². The summed E-state index contributed by atoms with van der Waals surface area (Å²) in [5.41, 5.74) is 0.696. The van der Waals surface area contributed by atoms with Crippen LogP contribution in [0.3, 0.4) is 0 Å². The highest BCUT2D eigenvalue weighted by atomic mass is 16.6. The van der Waals surface area contributed by atoms with Gasteiger partial charge in [-0.2, -0.15) is 4.98 Å². The molecule has 0 spiro atoms. The molecular formula is C19H18N4O4. The molecule has 0 aliphatic rings. The van der Waals surface area contributed by atoms with Crippen molar-refractivity contribution in [3.05, 3.63) is 76.6 Å². The molecule has 3 aromatic rings. The summed E-state index contributed by atoms with van der Waals surface area (Å²) in [6.07, 6.45) is 1.24. The molecule has 3 rings (SSSR count). The molecule has 1 aromatic heterocycles. The Morgan fingerprint density at radius 3 is 2.37 bits per heavy atom. The molecule has 8 heteroatoms. The normalized spacial score (nSPS) is 10.3. The first-order valence-corrected chi connectivity index (χ1v) is 8.15.